The zero-order valence-corrected chi connectivity index (χ0v) is 10.3. The standard InChI is InChI=1S/C10H15ClN4O2/c1-6(12)8-5-15(2-3-17-8)7-4-13-14-10(16)9(7)11/h4,6,8H,2-3,5,12H2,1H3,(H,14,16). The van der Waals surface area contributed by atoms with Gasteiger partial charge in [-0.1, -0.05) is 11.6 Å². The first-order valence-electron chi connectivity index (χ1n) is 5.45. The van der Waals surface area contributed by atoms with Gasteiger partial charge in [0.05, 0.1) is 24.6 Å². The zero-order valence-electron chi connectivity index (χ0n) is 9.52. The van der Waals surface area contributed by atoms with Crippen LogP contribution < -0.4 is 16.2 Å². The fourth-order valence-corrected chi connectivity index (χ4v) is 2.02. The summed E-state index contributed by atoms with van der Waals surface area (Å²) in [6.07, 6.45) is 1.49. The van der Waals surface area contributed by atoms with Gasteiger partial charge in [-0.3, -0.25) is 4.79 Å². The summed E-state index contributed by atoms with van der Waals surface area (Å²) in [4.78, 5) is 13.3. The Kier molecular flexibility index (Phi) is 3.66. The maximum atomic E-state index is 11.4. The number of nitrogens with one attached hydrogen (secondary N) is 1. The third kappa shape index (κ3) is 2.59. The second-order valence-corrected chi connectivity index (χ2v) is 4.49. The van der Waals surface area contributed by atoms with E-state index in [9.17, 15) is 4.79 Å². The average molecular weight is 259 g/mol. The minimum atomic E-state index is -0.381. The van der Waals surface area contributed by atoms with Gasteiger partial charge in [-0.2, -0.15) is 5.10 Å². The lowest BCUT2D eigenvalue weighted by Crippen LogP contribution is -2.50. The molecule has 1 aromatic heterocycles. The number of nitrogens with two attached hydrogens (primary N) is 1. The second-order valence-electron chi connectivity index (χ2n) is 4.11. The van der Waals surface area contributed by atoms with Gasteiger partial charge in [-0.25, -0.2) is 5.10 Å². The van der Waals surface area contributed by atoms with Crippen LogP contribution in [0, 0.1) is 0 Å². The van der Waals surface area contributed by atoms with Crippen LogP contribution in [0.25, 0.3) is 0 Å². The molecule has 7 heteroatoms. The van der Waals surface area contributed by atoms with Crippen LogP contribution in [0.5, 0.6) is 0 Å². The first kappa shape index (κ1) is 12.3. The van der Waals surface area contributed by atoms with E-state index in [0.29, 0.717) is 25.4 Å². The molecule has 2 unspecified atom stereocenters. The Labute approximate surface area is 104 Å². The topological polar surface area (TPSA) is 84.2 Å². The first-order chi connectivity index (χ1) is 8.09. The van der Waals surface area contributed by atoms with Crippen molar-refractivity contribution in [2.24, 2.45) is 5.73 Å². The molecule has 0 spiro atoms. The summed E-state index contributed by atoms with van der Waals surface area (Å²) in [5, 5.41) is 6.21. The van der Waals surface area contributed by atoms with Gasteiger partial charge in [0.25, 0.3) is 5.56 Å². The van der Waals surface area contributed by atoms with Gasteiger partial charge in [0, 0.05) is 19.1 Å². The van der Waals surface area contributed by atoms with Crippen molar-refractivity contribution in [1.82, 2.24) is 10.2 Å². The minimum absolute atomic E-state index is 0.0564. The van der Waals surface area contributed by atoms with Gasteiger partial charge in [-0.05, 0) is 6.92 Å². The summed E-state index contributed by atoms with van der Waals surface area (Å²) < 4.78 is 5.55. The molecule has 6 nitrogen and oxygen atoms in total. The molecule has 0 bridgehead atoms. The number of hydrogen-bond donors (Lipinski definition) is 2. The summed E-state index contributed by atoms with van der Waals surface area (Å²) in [5.74, 6) is 0. The van der Waals surface area contributed by atoms with Crippen molar-refractivity contribution in [2.45, 2.75) is 19.1 Å². The molecule has 3 N–H and O–H groups in total. The van der Waals surface area contributed by atoms with Crippen LogP contribution in [0.2, 0.25) is 5.02 Å². The van der Waals surface area contributed by atoms with Gasteiger partial charge in [-0.15, -0.1) is 0 Å². The molecule has 1 aliphatic rings. The van der Waals surface area contributed by atoms with E-state index in [1.165, 1.54) is 0 Å². The molecule has 2 atom stereocenters. The number of morpholine rings is 1. The lowest BCUT2D eigenvalue weighted by Gasteiger charge is -2.36. The summed E-state index contributed by atoms with van der Waals surface area (Å²) in [6, 6.07) is -0.0634. The number of aromatic nitrogens is 2. The van der Waals surface area contributed by atoms with Crippen molar-refractivity contribution in [3.8, 4) is 0 Å². The van der Waals surface area contributed by atoms with Gasteiger partial charge in [0.2, 0.25) is 0 Å². The number of nitrogens with zero attached hydrogens (tertiary/aromatic N) is 2. The van der Waals surface area contributed by atoms with E-state index >= 15 is 0 Å². The smallest absolute Gasteiger partial charge is 0.285 e. The average Bonchev–Trinajstić information content (AvgIpc) is 2.33. The highest BCUT2D eigenvalue weighted by atomic mass is 35.5. The number of aromatic amines is 1. The van der Waals surface area contributed by atoms with Crippen molar-refractivity contribution >= 4 is 17.3 Å². The number of rotatable bonds is 2. The maximum absolute atomic E-state index is 11.4. The molecule has 0 saturated carbocycles. The third-order valence-electron chi connectivity index (χ3n) is 2.80. The fraction of sp³-hybridized carbons (Fsp3) is 0.600. The van der Waals surface area contributed by atoms with Crippen molar-refractivity contribution in [3.63, 3.8) is 0 Å². The molecular weight excluding hydrogens is 244 g/mol. The van der Waals surface area contributed by atoms with Crippen molar-refractivity contribution in [2.75, 3.05) is 24.6 Å². The normalized spacial score (nSPS) is 22.5. The van der Waals surface area contributed by atoms with E-state index in [2.05, 4.69) is 10.2 Å². The molecule has 1 aromatic rings. The molecule has 2 heterocycles. The highest BCUT2D eigenvalue weighted by molar-refractivity contribution is 6.32. The number of anilines is 1. The van der Waals surface area contributed by atoms with Crippen LogP contribution in [0.15, 0.2) is 11.0 Å². The Bertz CT molecular complexity index is 448. The summed E-state index contributed by atoms with van der Waals surface area (Å²) in [7, 11) is 0. The number of halogens is 1. The largest absolute Gasteiger partial charge is 0.373 e. The van der Waals surface area contributed by atoms with E-state index < -0.39 is 0 Å². The Morgan fingerprint density at radius 2 is 2.53 bits per heavy atom. The van der Waals surface area contributed by atoms with Crippen LogP contribution in [0.1, 0.15) is 6.92 Å². The maximum Gasteiger partial charge on any atom is 0.285 e. The second kappa shape index (κ2) is 5.03. The highest BCUT2D eigenvalue weighted by Gasteiger charge is 2.25. The molecule has 94 valence electrons. The molecule has 0 radical (unpaired) electrons. The molecule has 0 aromatic carbocycles. The van der Waals surface area contributed by atoms with Gasteiger partial charge in [0.1, 0.15) is 5.02 Å². The van der Waals surface area contributed by atoms with E-state index in [4.69, 9.17) is 22.1 Å². The predicted molar refractivity (Wildman–Crippen MR) is 65.5 cm³/mol. The van der Waals surface area contributed by atoms with Crippen molar-refractivity contribution < 1.29 is 4.74 Å². The van der Waals surface area contributed by atoms with Crippen LogP contribution in [0.3, 0.4) is 0 Å². The quantitative estimate of drug-likeness (QED) is 0.779. The Balaban J connectivity index is 2.22. The van der Waals surface area contributed by atoms with Crippen LogP contribution >= 0.6 is 11.6 Å². The van der Waals surface area contributed by atoms with Gasteiger partial charge >= 0.3 is 0 Å². The van der Waals surface area contributed by atoms with E-state index in [0.717, 1.165) is 0 Å². The summed E-state index contributed by atoms with van der Waals surface area (Å²) in [5.41, 5.74) is 6.05. The van der Waals surface area contributed by atoms with Crippen LogP contribution in [-0.2, 0) is 4.74 Å². The first-order valence-corrected chi connectivity index (χ1v) is 5.82. The highest BCUT2D eigenvalue weighted by Crippen LogP contribution is 2.23. The number of hydrogen-bond acceptors (Lipinski definition) is 5. The van der Waals surface area contributed by atoms with Crippen LogP contribution in [0.4, 0.5) is 5.69 Å². The molecule has 17 heavy (non-hydrogen) atoms. The lowest BCUT2D eigenvalue weighted by molar-refractivity contribution is 0.0276. The predicted octanol–water partition coefficient (Wildman–Crippen LogP) is -0.0243. The van der Waals surface area contributed by atoms with Crippen molar-refractivity contribution in [1.29, 1.82) is 0 Å². The fourth-order valence-electron chi connectivity index (χ4n) is 1.81. The SMILES string of the molecule is CC(N)C1CN(c2cn[nH]c(=O)c2Cl)CCO1. The molecule has 0 amide bonds. The molecular formula is C10H15ClN4O2. The minimum Gasteiger partial charge on any atom is -0.373 e. The molecule has 2 rings (SSSR count). The Morgan fingerprint density at radius 3 is 3.24 bits per heavy atom. The van der Waals surface area contributed by atoms with Gasteiger partial charge in [0.15, 0.2) is 0 Å². The van der Waals surface area contributed by atoms with E-state index in [1.807, 2.05) is 11.8 Å². The Morgan fingerprint density at radius 1 is 1.76 bits per heavy atom. The molecule has 1 fully saturated rings. The lowest BCUT2D eigenvalue weighted by atomic mass is 10.1. The number of ether oxygens (including phenoxy) is 1. The van der Waals surface area contributed by atoms with Gasteiger partial charge < -0.3 is 15.4 Å². The third-order valence-corrected chi connectivity index (χ3v) is 3.16. The Hall–Kier alpha value is -1.11. The molecule has 1 aliphatic heterocycles. The van der Waals surface area contributed by atoms with Crippen LogP contribution in [-0.4, -0.2) is 42.0 Å². The molecule has 1 saturated heterocycles. The monoisotopic (exact) mass is 258 g/mol. The summed E-state index contributed by atoms with van der Waals surface area (Å²) in [6.45, 7) is 3.75. The summed E-state index contributed by atoms with van der Waals surface area (Å²) >= 11 is 5.96. The number of H-pyrrole nitrogens is 1. The van der Waals surface area contributed by atoms with E-state index in [-0.39, 0.29) is 22.7 Å². The van der Waals surface area contributed by atoms with E-state index in [1.54, 1.807) is 6.20 Å². The molecule has 0 aliphatic carbocycles. The zero-order chi connectivity index (χ0) is 12.4. The van der Waals surface area contributed by atoms with Crippen molar-refractivity contribution in [3.05, 3.63) is 21.6 Å².